The van der Waals surface area contributed by atoms with E-state index in [1.807, 2.05) is 30.3 Å². The van der Waals surface area contributed by atoms with Crippen LogP contribution in [-0.2, 0) is 13.1 Å². The number of nitrogens with one attached hydrogen (secondary N) is 2. The maximum absolute atomic E-state index is 5.73. The zero-order chi connectivity index (χ0) is 21.0. The number of benzene rings is 2. The SMILES string of the molecule is CCN1CCN(Cc2ccccc2CNC(=NC)NCCOc2ccccc2)CC1. The normalized spacial score (nSPS) is 15.7. The lowest BCUT2D eigenvalue weighted by Gasteiger charge is -2.34. The summed E-state index contributed by atoms with van der Waals surface area (Å²) in [5, 5.41) is 6.75. The van der Waals surface area contributed by atoms with Gasteiger partial charge in [0.1, 0.15) is 12.4 Å². The van der Waals surface area contributed by atoms with Crippen molar-refractivity contribution in [2.24, 2.45) is 4.99 Å². The predicted octanol–water partition coefficient (Wildman–Crippen LogP) is 2.57. The van der Waals surface area contributed by atoms with Gasteiger partial charge in [0.25, 0.3) is 0 Å². The Morgan fingerprint density at radius 1 is 0.900 bits per heavy atom. The van der Waals surface area contributed by atoms with Crippen LogP contribution in [0, 0.1) is 0 Å². The highest BCUT2D eigenvalue weighted by atomic mass is 16.5. The third-order valence-corrected chi connectivity index (χ3v) is 5.50. The number of hydrogen-bond donors (Lipinski definition) is 2. The van der Waals surface area contributed by atoms with Gasteiger partial charge in [-0.3, -0.25) is 9.89 Å². The first kappa shape index (κ1) is 22.1. The number of likely N-dealkylation sites (N-methyl/N-ethyl adjacent to an activating group) is 1. The van der Waals surface area contributed by atoms with Gasteiger partial charge in [0.2, 0.25) is 0 Å². The molecule has 0 spiro atoms. The summed E-state index contributed by atoms with van der Waals surface area (Å²) < 4.78 is 5.73. The Bertz CT molecular complexity index is 772. The Hall–Kier alpha value is -2.57. The van der Waals surface area contributed by atoms with Crippen molar-refractivity contribution in [2.75, 3.05) is 52.9 Å². The summed E-state index contributed by atoms with van der Waals surface area (Å²) in [6.45, 7) is 11.0. The van der Waals surface area contributed by atoms with Crippen LogP contribution in [0.1, 0.15) is 18.1 Å². The highest BCUT2D eigenvalue weighted by Crippen LogP contribution is 2.13. The summed E-state index contributed by atoms with van der Waals surface area (Å²) in [6, 6.07) is 18.6. The third kappa shape index (κ3) is 7.04. The van der Waals surface area contributed by atoms with Crippen LogP contribution in [0.5, 0.6) is 5.75 Å². The standard InChI is InChI=1S/C24H35N5O/c1-3-28-14-16-29(17-15-28)20-22-10-8-7-9-21(22)19-27-24(25-2)26-13-18-30-23-11-5-4-6-12-23/h4-12H,3,13-20H2,1-2H3,(H2,25,26,27). The number of para-hydroxylation sites is 1. The van der Waals surface area contributed by atoms with Gasteiger partial charge in [-0.25, -0.2) is 0 Å². The van der Waals surface area contributed by atoms with Crippen LogP contribution < -0.4 is 15.4 Å². The van der Waals surface area contributed by atoms with E-state index in [4.69, 9.17) is 4.74 Å². The molecule has 3 rings (SSSR count). The summed E-state index contributed by atoms with van der Waals surface area (Å²) in [7, 11) is 1.80. The van der Waals surface area contributed by atoms with E-state index in [0.717, 1.165) is 44.4 Å². The smallest absolute Gasteiger partial charge is 0.191 e. The van der Waals surface area contributed by atoms with Gasteiger partial charge in [-0.1, -0.05) is 49.4 Å². The van der Waals surface area contributed by atoms with E-state index < -0.39 is 0 Å². The monoisotopic (exact) mass is 409 g/mol. The molecule has 6 nitrogen and oxygen atoms in total. The van der Waals surface area contributed by atoms with Crippen molar-refractivity contribution in [3.8, 4) is 5.75 Å². The van der Waals surface area contributed by atoms with Crippen molar-refractivity contribution in [1.82, 2.24) is 20.4 Å². The molecule has 30 heavy (non-hydrogen) atoms. The number of ether oxygens (including phenoxy) is 1. The molecule has 1 heterocycles. The van der Waals surface area contributed by atoms with E-state index in [2.05, 4.69) is 56.6 Å². The molecule has 0 atom stereocenters. The summed E-state index contributed by atoms with van der Waals surface area (Å²) in [5.41, 5.74) is 2.71. The molecule has 0 saturated carbocycles. The Morgan fingerprint density at radius 3 is 2.27 bits per heavy atom. The molecule has 0 amide bonds. The summed E-state index contributed by atoms with van der Waals surface area (Å²) in [6.07, 6.45) is 0. The highest BCUT2D eigenvalue weighted by molar-refractivity contribution is 5.79. The van der Waals surface area contributed by atoms with Crippen molar-refractivity contribution in [3.63, 3.8) is 0 Å². The summed E-state index contributed by atoms with van der Waals surface area (Å²) in [5.74, 6) is 1.67. The average molecular weight is 410 g/mol. The summed E-state index contributed by atoms with van der Waals surface area (Å²) >= 11 is 0. The molecule has 0 bridgehead atoms. The fourth-order valence-electron chi connectivity index (χ4n) is 3.64. The number of rotatable bonds is 9. The Balaban J connectivity index is 1.44. The molecule has 2 N–H and O–H groups in total. The molecule has 0 radical (unpaired) electrons. The molecule has 2 aromatic carbocycles. The van der Waals surface area contributed by atoms with E-state index in [-0.39, 0.29) is 0 Å². The van der Waals surface area contributed by atoms with Gasteiger partial charge in [-0.2, -0.15) is 0 Å². The van der Waals surface area contributed by atoms with Crippen LogP contribution in [0.3, 0.4) is 0 Å². The molecule has 1 aliphatic rings. The maximum atomic E-state index is 5.73. The Labute approximate surface area is 180 Å². The van der Waals surface area contributed by atoms with Gasteiger partial charge >= 0.3 is 0 Å². The Morgan fingerprint density at radius 2 is 1.57 bits per heavy atom. The second-order valence-electron chi connectivity index (χ2n) is 7.49. The number of nitrogens with zero attached hydrogens (tertiary/aromatic N) is 3. The lowest BCUT2D eigenvalue weighted by molar-refractivity contribution is 0.131. The zero-order valence-corrected chi connectivity index (χ0v) is 18.3. The molecular weight excluding hydrogens is 374 g/mol. The number of piperazine rings is 1. The van der Waals surface area contributed by atoms with E-state index >= 15 is 0 Å². The fourth-order valence-corrected chi connectivity index (χ4v) is 3.64. The third-order valence-electron chi connectivity index (χ3n) is 5.50. The summed E-state index contributed by atoms with van der Waals surface area (Å²) in [4.78, 5) is 9.40. The lowest BCUT2D eigenvalue weighted by atomic mass is 10.1. The van der Waals surface area contributed by atoms with Crippen molar-refractivity contribution in [1.29, 1.82) is 0 Å². The van der Waals surface area contributed by atoms with E-state index in [0.29, 0.717) is 13.2 Å². The van der Waals surface area contributed by atoms with Gasteiger partial charge in [0.15, 0.2) is 5.96 Å². The number of aliphatic imine (C=N–C) groups is 1. The minimum Gasteiger partial charge on any atom is -0.492 e. The van der Waals surface area contributed by atoms with Gasteiger partial charge in [-0.15, -0.1) is 0 Å². The van der Waals surface area contributed by atoms with Crippen LogP contribution in [0.2, 0.25) is 0 Å². The van der Waals surface area contributed by atoms with Crippen LogP contribution in [-0.4, -0.2) is 68.7 Å². The molecule has 1 saturated heterocycles. The molecule has 0 aromatic heterocycles. The topological polar surface area (TPSA) is 52.1 Å². The highest BCUT2D eigenvalue weighted by Gasteiger charge is 2.16. The first-order valence-corrected chi connectivity index (χ1v) is 10.9. The van der Waals surface area contributed by atoms with E-state index in [1.54, 1.807) is 7.05 Å². The predicted molar refractivity (Wildman–Crippen MR) is 124 cm³/mol. The maximum Gasteiger partial charge on any atom is 0.191 e. The molecule has 2 aromatic rings. The minimum absolute atomic E-state index is 0.588. The first-order chi connectivity index (χ1) is 14.8. The molecule has 6 heteroatoms. The fraction of sp³-hybridized carbons (Fsp3) is 0.458. The van der Waals surface area contributed by atoms with Crippen molar-refractivity contribution < 1.29 is 4.74 Å². The van der Waals surface area contributed by atoms with Gasteiger partial charge in [0, 0.05) is 46.3 Å². The molecular formula is C24H35N5O. The van der Waals surface area contributed by atoms with Crippen LogP contribution in [0.15, 0.2) is 59.6 Å². The largest absolute Gasteiger partial charge is 0.492 e. The molecule has 162 valence electrons. The molecule has 0 aliphatic carbocycles. The quantitative estimate of drug-likeness (QED) is 0.379. The first-order valence-electron chi connectivity index (χ1n) is 10.9. The van der Waals surface area contributed by atoms with E-state index in [1.165, 1.54) is 24.2 Å². The zero-order valence-electron chi connectivity index (χ0n) is 18.3. The lowest BCUT2D eigenvalue weighted by Crippen LogP contribution is -2.45. The van der Waals surface area contributed by atoms with Crippen LogP contribution in [0.4, 0.5) is 0 Å². The average Bonchev–Trinajstić information content (AvgIpc) is 2.80. The second-order valence-corrected chi connectivity index (χ2v) is 7.49. The van der Waals surface area contributed by atoms with Crippen LogP contribution >= 0.6 is 0 Å². The molecule has 1 aliphatic heterocycles. The molecule has 1 fully saturated rings. The second kappa shape index (κ2) is 12.2. The van der Waals surface area contributed by atoms with Crippen molar-refractivity contribution in [2.45, 2.75) is 20.0 Å². The number of hydrogen-bond acceptors (Lipinski definition) is 4. The Kier molecular flexibility index (Phi) is 9.00. The van der Waals surface area contributed by atoms with Gasteiger partial charge in [-0.05, 0) is 29.8 Å². The van der Waals surface area contributed by atoms with Crippen molar-refractivity contribution >= 4 is 5.96 Å². The van der Waals surface area contributed by atoms with Gasteiger partial charge < -0.3 is 20.3 Å². The van der Waals surface area contributed by atoms with Gasteiger partial charge in [0.05, 0.1) is 6.54 Å². The minimum atomic E-state index is 0.588. The van der Waals surface area contributed by atoms with Crippen LogP contribution in [0.25, 0.3) is 0 Å². The van der Waals surface area contributed by atoms with Crippen molar-refractivity contribution in [3.05, 3.63) is 65.7 Å². The molecule has 0 unspecified atom stereocenters. The van der Waals surface area contributed by atoms with E-state index in [9.17, 15) is 0 Å². The number of guanidine groups is 1.